The smallest absolute Gasteiger partial charge is 0.0425 e. The third kappa shape index (κ3) is 1.74. The molecule has 3 aromatic carbocycles. The van der Waals surface area contributed by atoms with Crippen LogP contribution < -0.4 is 10.4 Å². The lowest BCUT2D eigenvalue weighted by Crippen LogP contribution is -2.40. The Balaban J connectivity index is 1.83. The first-order valence-corrected chi connectivity index (χ1v) is 9.26. The van der Waals surface area contributed by atoms with E-state index in [0.717, 1.165) is 6.42 Å². The first-order valence-electron chi connectivity index (χ1n) is 9.26. The molecule has 1 spiro atoms. The molecule has 0 saturated heterocycles. The van der Waals surface area contributed by atoms with E-state index in [9.17, 15) is 0 Å². The van der Waals surface area contributed by atoms with Crippen LogP contribution >= 0.6 is 0 Å². The highest BCUT2D eigenvalue weighted by atomic mass is 14.4. The van der Waals surface area contributed by atoms with Crippen LogP contribution in [0.3, 0.4) is 0 Å². The highest BCUT2D eigenvalue weighted by molar-refractivity contribution is 6.00. The number of hydrogen-bond acceptors (Lipinski definition) is 0. The van der Waals surface area contributed by atoms with Crippen molar-refractivity contribution >= 4 is 33.2 Å². The minimum absolute atomic E-state index is 0.0149. The summed E-state index contributed by atoms with van der Waals surface area (Å²) < 4.78 is 0. The van der Waals surface area contributed by atoms with E-state index < -0.39 is 0 Å². The fourth-order valence-electron chi connectivity index (χ4n) is 4.82. The van der Waals surface area contributed by atoms with Gasteiger partial charge in [-0.3, -0.25) is 0 Å². The number of hydrogen-bond donors (Lipinski definition) is 0. The summed E-state index contributed by atoms with van der Waals surface area (Å²) in [5.74, 6) is 0. The maximum atomic E-state index is 2.42. The molecular formula is C26H18. The Hall–Kier alpha value is -3.12. The van der Waals surface area contributed by atoms with Crippen LogP contribution in [-0.2, 0) is 0 Å². The van der Waals surface area contributed by atoms with Crippen LogP contribution in [0, 0.1) is 5.41 Å². The summed E-state index contributed by atoms with van der Waals surface area (Å²) in [7, 11) is 0. The minimum Gasteiger partial charge on any atom is -0.0830 e. The maximum Gasteiger partial charge on any atom is 0.0425 e. The molecule has 3 aromatic rings. The minimum atomic E-state index is 0.0149. The van der Waals surface area contributed by atoms with Gasteiger partial charge in [0, 0.05) is 5.41 Å². The molecule has 0 N–H and O–H groups in total. The first-order chi connectivity index (χ1) is 12.9. The van der Waals surface area contributed by atoms with Gasteiger partial charge in [-0.1, -0.05) is 78.9 Å². The quantitative estimate of drug-likeness (QED) is 0.512. The predicted molar refractivity (Wildman–Crippen MR) is 111 cm³/mol. The van der Waals surface area contributed by atoms with Crippen molar-refractivity contribution in [3.63, 3.8) is 0 Å². The van der Waals surface area contributed by atoms with Crippen molar-refractivity contribution in [2.24, 2.45) is 5.41 Å². The lowest BCUT2D eigenvalue weighted by molar-refractivity contribution is 0.626. The number of allylic oxidation sites excluding steroid dienone is 8. The molecule has 0 aromatic heterocycles. The second-order valence-electron chi connectivity index (χ2n) is 7.45. The van der Waals surface area contributed by atoms with Crippen LogP contribution in [0.1, 0.15) is 6.42 Å². The number of benzene rings is 3. The Morgan fingerprint density at radius 3 is 2.62 bits per heavy atom. The standard InChI is InChI=1S/C26H18/c1-2-8-19-16-23-20(15-18(19)7-1)11-12-22-24(23)17-21-9-3-5-13-26(21)14-6-4-10-25(22)26/h1-12,14-17H,13H2. The van der Waals surface area contributed by atoms with Gasteiger partial charge in [-0.2, -0.15) is 0 Å². The van der Waals surface area contributed by atoms with Gasteiger partial charge in [0.05, 0.1) is 0 Å². The van der Waals surface area contributed by atoms with Gasteiger partial charge in [0.25, 0.3) is 0 Å². The lowest BCUT2D eigenvalue weighted by Gasteiger charge is -2.38. The summed E-state index contributed by atoms with van der Waals surface area (Å²) in [5.41, 5.74) is 2.85. The fraction of sp³-hybridized carbons (Fsp3) is 0.0769. The zero-order valence-corrected chi connectivity index (χ0v) is 14.4. The molecule has 0 amide bonds. The van der Waals surface area contributed by atoms with Crippen molar-refractivity contribution in [2.45, 2.75) is 6.42 Å². The van der Waals surface area contributed by atoms with Crippen molar-refractivity contribution in [3.05, 3.63) is 107 Å². The second kappa shape index (κ2) is 4.95. The largest absolute Gasteiger partial charge is 0.0830 e. The molecule has 6 rings (SSSR count). The normalized spacial score (nSPS) is 22.6. The van der Waals surface area contributed by atoms with Crippen molar-refractivity contribution in [1.82, 2.24) is 0 Å². The van der Waals surface area contributed by atoms with Gasteiger partial charge in [-0.15, -0.1) is 0 Å². The Kier molecular flexibility index (Phi) is 2.69. The summed E-state index contributed by atoms with van der Waals surface area (Å²) >= 11 is 0. The molecule has 26 heavy (non-hydrogen) atoms. The molecule has 0 aliphatic heterocycles. The van der Waals surface area contributed by atoms with Gasteiger partial charge in [0.2, 0.25) is 0 Å². The third-order valence-corrected chi connectivity index (χ3v) is 6.12. The van der Waals surface area contributed by atoms with Crippen LogP contribution in [0.15, 0.2) is 96.6 Å². The van der Waals surface area contributed by atoms with E-state index in [4.69, 9.17) is 0 Å². The van der Waals surface area contributed by atoms with Gasteiger partial charge >= 0.3 is 0 Å². The maximum absolute atomic E-state index is 2.42. The van der Waals surface area contributed by atoms with E-state index >= 15 is 0 Å². The van der Waals surface area contributed by atoms with Crippen molar-refractivity contribution < 1.29 is 0 Å². The van der Waals surface area contributed by atoms with Gasteiger partial charge in [0.1, 0.15) is 0 Å². The van der Waals surface area contributed by atoms with Crippen LogP contribution in [0.5, 0.6) is 0 Å². The van der Waals surface area contributed by atoms with E-state index in [1.54, 1.807) is 0 Å². The van der Waals surface area contributed by atoms with E-state index in [2.05, 4.69) is 97.1 Å². The molecule has 3 aliphatic carbocycles. The van der Waals surface area contributed by atoms with Gasteiger partial charge < -0.3 is 0 Å². The Morgan fingerprint density at radius 1 is 0.808 bits per heavy atom. The summed E-state index contributed by atoms with van der Waals surface area (Å²) in [6, 6.07) is 17.9. The van der Waals surface area contributed by atoms with Crippen molar-refractivity contribution in [3.8, 4) is 0 Å². The van der Waals surface area contributed by atoms with E-state index in [0.29, 0.717) is 0 Å². The van der Waals surface area contributed by atoms with Crippen molar-refractivity contribution in [2.75, 3.05) is 0 Å². The Morgan fingerprint density at radius 2 is 1.69 bits per heavy atom. The molecule has 0 heterocycles. The molecule has 0 radical (unpaired) electrons. The molecule has 1 unspecified atom stereocenters. The van der Waals surface area contributed by atoms with Gasteiger partial charge in [0.15, 0.2) is 0 Å². The summed E-state index contributed by atoms with van der Waals surface area (Å²) in [6.45, 7) is 0. The molecule has 0 nitrogen and oxygen atoms in total. The number of rotatable bonds is 0. The zero-order valence-electron chi connectivity index (χ0n) is 14.4. The Bertz CT molecular complexity index is 1340. The van der Waals surface area contributed by atoms with Gasteiger partial charge in [-0.25, -0.2) is 0 Å². The van der Waals surface area contributed by atoms with E-state index in [-0.39, 0.29) is 5.41 Å². The lowest BCUT2D eigenvalue weighted by atomic mass is 9.64. The first kappa shape index (κ1) is 14.1. The molecule has 0 bridgehead atoms. The average molecular weight is 330 g/mol. The summed E-state index contributed by atoms with van der Waals surface area (Å²) in [5, 5.41) is 8.01. The second-order valence-corrected chi connectivity index (χ2v) is 7.45. The highest BCUT2D eigenvalue weighted by Crippen LogP contribution is 2.47. The van der Waals surface area contributed by atoms with Crippen molar-refractivity contribution in [1.29, 1.82) is 0 Å². The summed E-state index contributed by atoms with van der Waals surface area (Å²) in [6.07, 6.45) is 19.3. The van der Waals surface area contributed by atoms with E-state index in [1.807, 2.05) is 0 Å². The van der Waals surface area contributed by atoms with Gasteiger partial charge in [-0.05, 0) is 67.8 Å². The molecule has 122 valence electrons. The number of fused-ring (bicyclic) bond motifs is 4. The third-order valence-electron chi connectivity index (χ3n) is 6.12. The molecule has 3 aliphatic rings. The van der Waals surface area contributed by atoms with Crippen LogP contribution in [0.2, 0.25) is 0 Å². The van der Waals surface area contributed by atoms with Crippen LogP contribution in [0.4, 0.5) is 0 Å². The zero-order chi connectivity index (χ0) is 17.1. The Labute approximate surface area is 152 Å². The molecule has 0 fully saturated rings. The SMILES string of the molecule is C1=CCC23C=CC=CC2=c2ccc4cc5ccccc5cc4c2=CC3=C1. The van der Waals surface area contributed by atoms with Crippen LogP contribution in [0.25, 0.3) is 33.2 Å². The molecule has 0 saturated carbocycles. The monoisotopic (exact) mass is 330 g/mol. The topological polar surface area (TPSA) is 0 Å². The molecular weight excluding hydrogens is 312 g/mol. The summed E-state index contributed by atoms with van der Waals surface area (Å²) in [4.78, 5) is 0. The molecule has 0 heteroatoms. The molecule has 1 atom stereocenters. The fourth-order valence-corrected chi connectivity index (χ4v) is 4.82. The predicted octanol–water partition coefficient (Wildman–Crippen LogP) is 4.94. The highest BCUT2D eigenvalue weighted by Gasteiger charge is 2.37. The van der Waals surface area contributed by atoms with E-state index in [1.165, 1.54) is 43.1 Å². The van der Waals surface area contributed by atoms with Crippen LogP contribution in [-0.4, -0.2) is 0 Å². The average Bonchev–Trinajstić information content (AvgIpc) is 2.70.